The molecule has 2 aromatic heterocycles. The Morgan fingerprint density at radius 1 is 1.15 bits per heavy atom. The summed E-state index contributed by atoms with van der Waals surface area (Å²) >= 11 is 1.76. The van der Waals surface area contributed by atoms with Crippen LogP contribution >= 0.6 is 11.3 Å². The van der Waals surface area contributed by atoms with Crippen molar-refractivity contribution < 1.29 is 9.84 Å². The van der Waals surface area contributed by atoms with Crippen LogP contribution in [0.3, 0.4) is 0 Å². The van der Waals surface area contributed by atoms with Crippen LogP contribution in [0.2, 0.25) is 0 Å². The second-order valence-electron chi connectivity index (χ2n) is 6.83. The molecule has 3 aromatic rings. The first-order valence-electron chi connectivity index (χ1n) is 9.44. The van der Waals surface area contributed by atoms with Crippen molar-refractivity contribution in [2.75, 3.05) is 37.6 Å². The van der Waals surface area contributed by atoms with E-state index < -0.39 is 6.29 Å². The summed E-state index contributed by atoms with van der Waals surface area (Å²) < 4.78 is 6.59. The summed E-state index contributed by atoms with van der Waals surface area (Å²) in [5, 5.41) is 12.7. The van der Waals surface area contributed by atoms with Gasteiger partial charge < -0.3 is 19.6 Å². The molecule has 3 heterocycles. The number of anilines is 1. The van der Waals surface area contributed by atoms with E-state index in [1.807, 2.05) is 24.3 Å². The summed E-state index contributed by atoms with van der Waals surface area (Å²) in [6.45, 7) is 9.12. The number of piperazine rings is 1. The van der Waals surface area contributed by atoms with Crippen LogP contribution in [0.15, 0.2) is 41.8 Å². The third-order valence-corrected chi connectivity index (χ3v) is 5.92. The van der Waals surface area contributed by atoms with Crippen molar-refractivity contribution in [1.82, 2.24) is 9.88 Å². The Bertz CT molecular complexity index is 899. The third kappa shape index (κ3) is 3.93. The molecule has 5 nitrogen and oxygen atoms in total. The molecule has 1 fully saturated rings. The van der Waals surface area contributed by atoms with Gasteiger partial charge in [0.25, 0.3) is 0 Å². The number of rotatable bonds is 5. The molecule has 0 radical (unpaired) electrons. The molecule has 1 aliphatic rings. The van der Waals surface area contributed by atoms with Gasteiger partial charge in [-0.3, -0.25) is 0 Å². The van der Waals surface area contributed by atoms with Crippen LogP contribution in [-0.4, -0.2) is 54.0 Å². The third-order valence-electron chi connectivity index (χ3n) is 4.99. The fourth-order valence-electron chi connectivity index (χ4n) is 3.50. The Morgan fingerprint density at radius 2 is 1.89 bits per heavy atom. The average molecular weight is 384 g/mol. The molecular formula is C21H25N3O2S. The minimum atomic E-state index is -0.815. The van der Waals surface area contributed by atoms with E-state index in [0.29, 0.717) is 5.75 Å². The first-order valence-corrected chi connectivity index (χ1v) is 10.3. The summed E-state index contributed by atoms with van der Waals surface area (Å²) in [7, 11) is 0. The predicted octanol–water partition coefficient (Wildman–Crippen LogP) is 3.82. The molecule has 1 unspecified atom stereocenters. The number of fused-ring (bicyclic) bond motifs is 1. The molecule has 0 amide bonds. The summed E-state index contributed by atoms with van der Waals surface area (Å²) in [4.78, 5) is 9.93. The maximum Gasteiger partial charge on any atom is 0.194 e. The number of benzene rings is 1. The number of aromatic nitrogens is 1. The number of nitrogens with zero attached hydrogens (tertiary/aromatic N) is 3. The fraction of sp³-hybridized carbons (Fsp3) is 0.381. The van der Waals surface area contributed by atoms with Gasteiger partial charge in [-0.1, -0.05) is 6.92 Å². The predicted molar refractivity (Wildman–Crippen MR) is 112 cm³/mol. The molecule has 1 aliphatic heterocycles. The SMILES string of the molecule is CCN1CCN(c2nc(-c3ccc(OC(C)O)cc3)cc3ccsc23)CC1. The Labute approximate surface area is 163 Å². The van der Waals surface area contributed by atoms with Gasteiger partial charge in [0.1, 0.15) is 11.6 Å². The monoisotopic (exact) mass is 383 g/mol. The van der Waals surface area contributed by atoms with Gasteiger partial charge in [-0.15, -0.1) is 11.3 Å². The lowest BCUT2D eigenvalue weighted by Crippen LogP contribution is -2.46. The molecule has 0 aliphatic carbocycles. The number of aliphatic hydroxyl groups is 1. The average Bonchev–Trinajstić information content (AvgIpc) is 3.16. The number of ether oxygens (including phenoxy) is 1. The molecule has 6 heteroatoms. The van der Waals surface area contributed by atoms with Crippen LogP contribution in [0, 0.1) is 0 Å². The molecule has 1 aromatic carbocycles. The molecular weight excluding hydrogens is 358 g/mol. The Kier molecular flexibility index (Phi) is 5.29. The molecule has 0 spiro atoms. The minimum Gasteiger partial charge on any atom is -0.465 e. The van der Waals surface area contributed by atoms with Gasteiger partial charge in [0.2, 0.25) is 0 Å². The van der Waals surface area contributed by atoms with E-state index in [1.165, 1.54) is 10.1 Å². The van der Waals surface area contributed by atoms with Crippen molar-refractivity contribution in [3.63, 3.8) is 0 Å². The van der Waals surface area contributed by atoms with E-state index in [4.69, 9.17) is 9.72 Å². The first kappa shape index (κ1) is 18.2. The van der Waals surface area contributed by atoms with Crippen LogP contribution in [0.5, 0.6) is 5.75 Å². The van der Waals surface area contributed by atoms with Crippen molar-refractivity contribution in [2.45, 2.75) is 20.1 Å². The zero-order chi connectivity index (χ0) is 18.8. The highest BCUT2D eigenvalue weighted by Gasteiger charge is 2.20. The van der Waals surface area contributed by atoms with Gasteiger partial charge in [-0.05, 0) is 60.6 Å². The van der Waals surface area contributed by atoms with Crippen LogP contribution < -0.4 is 9.64 Å². The lowest BCUT2D eigenvalue weighted by atomic mass is 10.1. The van der Waals surface area contributed by atoms with Crippen molar-refractivity contribution in [2.24, 2.45) is 0 Å². The van der Waals surface area contributed by atoms with E-state index in [-0.39, 0.29) is 0 Å². The number of pyridine rings is 1. The van der Waals surface area contributed by atoms with Crippen molar-refractivity contribution in [3.05, 3.63) is 41.8 Å². The normalized spacial score (nSPS) is 16.6. The summed E-state index contributed by atoms with van der Waals surface area (Å²) in [5.74, 6) is 1.75. The van der Waals surface area contributed by atoms with Crippen LogP contribution in [0.25, 0.3) is 21.3 Å². The van der Waals surface area contributed by atoms with E-state index in [1.54, 1.807) is 18.3 Å². The lowest BCUT2D eigenvalue weighted by molar-refractivity contribution is -0.000282. The summed E-state index contributed by atoms with van der Waals surface area (Å²) in [6, 6.07) is 12.1. The highest BCUT2D eigenvalue weighted by Crippen LogP contribution is 2.34. The Balaban J connectivity index is 1.66. The lowest BCUT2D eigenvalue weighted by Gasteiger charge is -2.35. The maximum absolute atomic E-state index is 9.36. The van der Waals surface area contributed by atoms with Gasteiger partial charge in [0.05, 0.1) is 10.4 Å². The molecule has 27 heavy (non-hydrogen) atoms. The number of likely N-dealkylation sites (N-methyl/N-ethyl adjacent to an activating group) is 1. The molecule has 4 rings (SSSR count). The molecule has 1 atom stereocenters. The summed E-state index contributed by atoms with van der Waals surface area (Å²) in [5.41, 5.74) is 2.02. The second-order valence-corrected chi connectivity index (χ2v) is 7.75. The quantitative estimate of drug-likeness (QED) is 0.679. The zero-order valence-electron chi connectivity index (χ0n) is 15.8. The first-order chi connectivity index (χ1) is 13.1. The minimum absolute atomic E-state index is 0.654. The highest BCUT2D eigenvalue weighted by molar-refractivity contribution is 7.17. The number of hydrogen-bond donors (Lipinski definition) is 1. The number of thiophene rings is 1. The van der Waals surface area contributed by atoms with Crippen LogP contribution in [-0.2, 0) is 0 Å². The van der Waals surface area contributed by atoms with E-state index in [9.17, 15) is 5.11 Å². The van der Waals surface area contributed by atoms with Gasteiger partial charge in [0, 0.05) is 31.7 Å². The highest BCUT2D eigenvalue weighted by atomic mass is 32.1. The van der Waals surface area contributed by atoms with Gasteiger partial charge in [-0.2, -0.15) is 0 Å². The van der Waals surface area contributed by atoms with Gasteiger partial charge in [-0.25, -0.2) is 4.98 Å². The number of hydrogen-bond acceptors (Lipinski definition) is 6. The second kappa shape index (κ2) is 7.84. The molecule has 0 bridgehead atoms. The number of aliphatic hydroxyl groups excluding tert-OH is 1. The fourth-order valence-corrected chi connectivity index (χ4v) is 4.39. The zero-order valence-corrected chi connectivity index (χ0v) is 16.6. The van der Waals surface area contributed by atoms with E-state index >= 15 is 0 Å². The standard InChI is InChI=1S/C21H25N3O2S/c1-3-23-9-11-24(12-10-23)21-20-17(8-13-27-20)14-19(22-21)16-4-6-18(7-5-16)26-15(2)25/h4-8,13-15,25H,3,9-12H2,1-2H3. The van der Waals surface area contributed by atoms with Gasteiger partial charge >= 0.3 is 0 Å². The molecule has 142 valence electrons. The Hall–Kier alpha value is -2.15. The topological polar surface area (TPSA) is 48.8 Å². The molecule has 0 saturated carbocycles. The largest absolute Gasteiger partial charge is 0.465 e. The molecule has 1 saturated heterocycles. The van der Waals surface area contributed by atoms with Crippen LogP contribution in [0.4, 0.5) is 5.82 Å². The van der Waals surface area contributed by atoms with Gasteiger partial charge in [0.15, 0.2) is 6.29 Å². The van der Waals surface area contributed by atoms with Crippen molar-refractivity contribution >= 4 is 27.2 Å². The van der Waals surface area contributed by atoms with Crippen LogP contribution in [0.1, 0.15) is 13.8 Å². The Morgan fingerprint density at radius 3 is 2.56 bits per heavy atom. The van der Waals surface area contributed by atoms with Crippen molar-refractivity contribution in [3.8, 4) is 17.0 Å². The van der Waals surface area contributed by atoms with E-state index in [2.05, 4.69) is 34.2 Å². The smallest absolute Gasteiger partial charge is 0.194 e. The van der Waals surface area contributed by atoms with Crippen molar-refractivity contribution in [1.29, 1.82) is 0 Å². The summed E-state index contributed by atoms with van der Waals surface area (Å²) in [6.07, 6.45) is -0.815. The van der Waals surface area contributed by atoms with E-state index in [0.717, 1.165) is 49.8 Å². The molecule has 1 N–H and O–H groups in total. The maximum atomic E-state index is 9.36.